The van der Waals surface area contributed by atoms with E-state index in [0.717, 1.165) is 11.8 Å². The van der Waals surface area contributed by atoms with Crippen molar-refractivity contribution in [3.05, 3.63) is 172 Å². The Morgan fingerprint density at radius 2 is 0.944 bits per heavy atom. The minimum absolute atomic E-state index is 0.00148. The first-order valence-electron chi connectivity index (χ1n) is 30.0. The fourth-order valence-electron chi connectivity index (χ4n) is 8.55. The molecular weight excluding hydrogens is 1190 g/mol. The second-order valence-electron chi connectivity index (χ2n) is 20.8. The zero-order valence-electron chi connectivity index (χ0n) is 50.2. The highest BCUT2D eigenvalue weighted by Crippen LogP contribution is 2.45. The molecule has 1 heterocycles. The molecule has 0 saturated heterocycles. The molecule has 0 aliphatic heterocycles. The molecule has 4 atom stereocenters. The Labute approximate surface area is 524 Å². The molecule has 1 unspecified atom stereocenters. The molecule has 4 amide bonds. The Hall–Kier alpha value is -7.88. The van der Waals surface area contributed by atoms with Gasteiger partial charge in [-0.05, 0) is 86.1 Å². The van der Waals surface area contributed by atoms with Crippen molar-refractivity contribution in [2.45, 2.75) is 154 Å². The van der Waals surface area contributed by atoms with E-state index in [4.69, 9.17) is 39.6 Å². The number of hydrogen-bond acceptors (Lipinski definition) is 16. The van der Waals surface area contributed by atoms with Crippen LogP contribution >= 0.6 is 19.3 Å². The Bertz CT molecular complexity index is 3030. The Kier molecular flexibility index (Phi) is 33.4. The second kappa shape index (κ2) is 41.4. The van der Waals surface area contributed by atoms with Crippen molar-refractivity contribution in [3.63, 3.8) is 0 Å². The molecule has 0 saturated carbocycles. The lowest BCUT2D eigenvalue weighted by atomic mass is 10.1. The van der Waals surface area contributed by atoms with E-state index in [0.29, 0.717) is 81.1 Å². The number of hydrogen-bond donors (Lipinski definition) is 5. The topological polar surface area (TPSA) is 282 Å². The van der Waals surface area contributed by atoms with Crippen LogP contribution in [0, 0.1) is 5.95 Å². The molecule has 5 aromatic rings. The van der Waals surface area contributed by atoms with E-state index in [2.05, 4.69) is 31.3 Å². The molecule has 480 valence electrons. The molecule has 89 heavy (non-hydrogen) atoms. The minimum Gasteiger partial charge on any atom is -0.461 e. The number of aromatic nitrogens is 1. The van der Waals surface area contributed by atoms with E-state index < -0.39 is 73.4 Å². The molecule has 0 aliphatic carbocycles. The summed E-state index contributed by atoms with van der Waals surface area (Å²) in [4.78, 5) is 109. The Balaban J connectivity index is 1.14. The van der Waals surface area contributed by atoms with E-state index in [1.807, 2.05) is 37.3 Å². The molecule has 0 fully saturated rings. The van der Waals surface area contributed by atoms with Crippen LogP contribution in [0.5, 0.6) is 0 Å². The fraction of sp³-hybridized carbons (Fsp3) is 0.431. The zero-order valence-corrected chi connectivity index (χ0v) is 51.8. The van der Waals surface area contributed by atoms with Gasteiger partial charge >= 0.3 is 31.6 Å². The van der Waals surface area contributed by atoms with Crippen molar-refractivity contribution >= 4 is 66.9 Å². The molecule has 0 aliphatic rings. The fourth-order valence-corrected chi connectivity index (χ4v) is 10.3. The van der Waals surface area contributed by atoms with Crippen molar-refractivity contribution in [2.24, 2.45) is 0 Å². The Morgan fingerprint density at radius 1 is 0.506 bits per heavy atom. The highest BCUT2D eigenvalue weighted by molar-refractivity contribution is 7.51. The summed E-state index contributed by atoms with van der Waals surface area (Å²) in [5, 5.41) is 13.5. The van der Waals surface area contributed by atoms with Crippen molar-refractivity contribution in [3.8, 4) is 0 Å². The summed E-state index contributed by atoms with van der Waals surface area (Å²) >= 11 is 5.71. The van der Waals surface area contributed by atoms with E-state index in [9.17, 15) is 47.3 Å². The molecule has 5 rings (SSSR count). The summed E-state index contributed by atoms with van der Waals surface area (Å²) in [7, 11) is -4.36. The van der Waals surface area contributed by atoms with Gasteiger partial charge in [0, 0.05) is 45.0 Å². The predicted molar refractivity (Wildman–Crippen MR) is 329 cm³/mol. The highest BCUT2D eigenvalue weighted by Gasteiger charge is 2.34. The normalized spacial score (nSPS) is 12.7. The van der Waals surface area contributed by atoms with Crippen molar-refractivity contribution in [2.75, 3.05) is 26.3 Å². The number of esters is 4. The first-order chi connectivity index (χ1) is 43.1. The van der Waals surface area contributed by atoms with E-state index in [1.165, 1.54) is 6.07 Å². The van der Waals surface area contributed by atoms with Gasteiger partial charge in [0.2, 0.25) is 23.7 Å². The van der Waals surface area contributed by atoms with Crippen LogP contribution < -0.4 is 26.4 Å². The lowest BCUT2D eigenvalue weighted by Gasteiger charge is -2.25. The van der Waals surface area contributed by atoms with Gasteiger partial charge in [0.1, 0.15) is 44.6 Å². The molecule has 4 aromatic carbocycles. The number of ether oxygens (including phenoxy) is 4. The van der Waals surface area contributed by atoms with Gasteiger partial charge in [0.05, 0.1) is 23.8 Å². The van der Waals surface area contributed by atoms with Crippen LogP contribution in [0.25, 0.3) is 0 Å². The number of benzene rings is 4. The van der Waals surface area contributed by atoms with E-state index in [-0.39, 0.29) is 108 Å². The lowest BCUT2D eigenvalue weighted by Crippen LogP contribution is -2.45. The van der Waals surface area contributed by atoms with Crippen LogP contribution in [0.4, 0.5) is 4.39 Å². The van der Waals surface area contributed by atoms with Gasteiger partial charge in [-0.2, -0.15) is 4.39 Å². The van der Waals surface area contributed by atoms with Gasteiger partial charge in [0.25, 0.3) is 5.91 Å². The highest BCUT2D eigenvalue weighted by atomic mass is 35.5. The summed E-state index contributed by atoms with van der Waals surface area (Å²) in [6.45, 7) is 2.00. The number of halogens is 2. The smallest absolute Gasteiger partial charge is 0.406 e. The average molecular weight is 1270 g/mol. The van der Waals surface area contributed by atoms with Crippen LogP contribution in [0.1, 0.15) is 142 Å². The number of carbonyl (C=O) groups excluding carboxylic acids is 8. The molecule has 0 spiro atoms. The number of amides is 4. The third-order valence-electron chi connectivity index (χ3n) is 13.5. The van der Waals surface area contributed by atoms with Gasteiger partial charge in [-0.25, -0.2) is 24.2 Å². The molecular formula is C65H81ClFN6O15P. The van der Waals surface area contributed by atoms with Crippen molar-refractivity contribution in [1.29, 1.82) is 0 Å². The van der Waals surface area contributed by atoms with Crippen molar-refractivity contribution in [1.82, 2.24) is 31.3 Å². The monoisotopic (exact) mass is 1270 g/mol. The maximum atomic E-state index is 14.5. The molecule has 0 bridgehead atoms. The summed E-state index contributed by atoms with van der Waals surface area (Å²) < 4.78 is 61.8. The van der Waals surface area contributed by atoms with Crippen LogP contribution in [-0.4, -0.2) is 96.9 Å². The van der Waals surface area contributed by atoms with Crippen LogP contribution in [0.15, 0.2) is 134 Å². The maximum Gasteiger partial charge on any atom is 0.406 e. The average Bonchev–Trinajstić information content (AvgIpc) is 2.89. The number of rotatable bonds is 43. The van der Waals surface area contributed by atoms with Crippen LogP contribution in [0.2, 0.25) is 5.02 Å². The summed E-state index contributed by atoms with van der Waals surface area (Å²) in [5.74, 6) is -5.55. The van der Waals surface area contributed by atoms with Gasteiger partial charge in [0.15, 0.2) is 0 Å². The van der Waals surface area contributed by atoms with E-state index in [1.54, 1.807) is 91.0 Å². The molecule has 24 heteroatoms. The quantitative estimate of drug-likeness (QED) is 0.00797. The first kappa shape index (κ1) is 71.9. The zero-order chi connectivity index (χ0) is 63.9. The molecule has 0 radical (unpaired) electrons. The number of nitrogens with zero attached hydrogens (tertiary/aromatic N) is 1. The minimum atomic E-state index is -4.36. The number of pyridine rings is 1. The summed E-state index contributed by atoms with van der Waals surface area (Å²) in [5.41, 5.74) is 2.98. The number of unbranched alkanes of at least 4 members (excludes halogenated alkanes) is 5. The van der Waals surface area contributed by atoms with Crippen molar-refractivity contribution < 1.29 is 75.3 Å². The van der Waals surface area contributed by atoms with Crippen LogP contribution in [-0.2, 0) is 92.5 Å². The summed E-state index contributed by atoms with van der Waals surface area (Å²) in [6, 6.07) is 33.1. The number of nitrogens with one attached hydrogen (secondary N) is 5. The Morgan fingerprint density at radius 3 is 1.45 bits per heavy atom. The third kappa shape index (κ3) is 29.8. The first-order valence-corrected chi connectivity index (χ1v) is 31.9. The van der Waals surface area contributed by atoms with Crippen LogP contribution in [0.3, 0.4) is 0 Å². The SMILES string of the molecule is CCCCOP(=O)(N[C@@H](CCC(=O)OCc1ccccc1)C(=O)OCc1ccccc1)OCCC[C@H](NC(=O)CC[C@H](NC(=O)CCCCCNC(=O)CCCCCNC(=O)c1cnc(F)c(Cl)c1)C(=O)OCc1ccccc1)C(=O)OCc1ccccc1. The van der Waals surface area contributed by atoms with Gasteiger partial charge in [-0.3, -0.25) is 37.8 Å². The molecule has 1 aromatic heterocycles. The molecule has 21 nitrogen and oxygen atoms in total. The predicted octanol–water partition coefficient (Wildman–Crippen LogP) is 10.0. The standard InChI is InChI=1S/C65H81ClFN6O15P/c1-2-3-40-87-89(82,73-56(65(81)86-47-51-29-16-7-17-30-51)35-37-60(77)83-44-48-23-10-4-11-24-48)88-41-22-31-54(63(79)84-45-49-25-12-5-13-26-49)71-59(76)36-34-55(64(80)85-46-50-27-14-6-15-28-50)72-58(75)33-19-9-20-38-68-57(74)32-18-8-21-39-69-62(78)52-42-53(66)61(67)70-43-52/h4-7,10-17,23-30,42-43,54-56H,2-3,8-9,18-22,31-41,44-47H2,1H3,(H,68,74)(H,69,78)(H,71,76)(H,72,75)(H,73,82)/t54-,55-,56-,89?/m0/s1. The van der Waals surface area contributed by atoms with Gasteiger partial charge < -0.3 is 40.2 Å². The second-order valence-corrected chi connectivity index (χ2v) is 23.0. The maximum absolute atomic E-state index is 14.5. The number of carbonyl (C=O) groups is 8. The van der Waals surface area contributed by atoms with E-state index >= 15 is 0 Å². The molecule has 5 N–H and O–H groups in total. The van der Waals surface area contributed by atoms with Gasteiger partial charge in [-0.15, -0.1) is 0 Å². The van der Waals surface area contributed by atoms with Gasteiger partial charge in [-0.1, -0.05) is 159 Å². The summed E-state index contributed by atoms with van der Waals surface area (Å²) in [6.07, 6.45) is 5.01. The largest absolute Gasteiger partial charge is 0.461 e. The lowest BCUT2D eigenvalue weighted by molar-refractivity contribution is -0.150. The third-order valence-corrected chi connectivity index (χ3v) is 15.5.